The number of hydrogen-bond donors (Lipinski definition) is 3. The zero-order valence-corrected chi connectivity index (χ0v) is 22.7. The van der Waals surface area contributed by atoms with Crippen LogP contribution in [0.3, 0.4) is 0 Å². The molecule has 2 atom stereocenters. The minimum Gasteiger partial charge on any atom is -0.390 e. The maximum absolute atomic E-state index is 13.9. The van der Waals surface area contributed by atoms with Gasteiger partial charge in [0.25, 0.3) is 5.91 Å². The van der Waals surface area contributed by atoms with Crippen molar-refractivity contribution in [2.45, 2.75) is 82.5 Å². The number of carbonyl (C=O) groups is 2. The molecular formula is C25H31F7N8O2. The van der Waals surface area contributed by atoms with Crippen LogP contribution >= 0.6 is 0 Å². The van der Waals surface area contributed by atoms with Crippen molar-refractivity contribution in [3.8, 4) is 0 Å². The second kappa shape index (κ2) is 13.5. The third-order valence-corrected chi connectivity index (χ3v) is 6.57. The highest BCUT2D eigenvalue weighted by molar-refractivity contribution is 6.39. The number of carbonyl (C=O) groups excluding carboxylic acids is 2. The fraction of sp³-hybridized carbons (Fsp3) is 0.600. The Hall–Kier alpha value is -3.79. The van der Waals surface area contributed by atoms with Crippen LogP contribution in [-0.2, 0) is 9.59 Å². The van der Waals surface area contributed by atoms with Crippen molar-refractivity contribution in [2.75, 3.05) is 6.54 Å². The molecular weight excluding hydrogens is 577 g/mol. The van der Waals surface area contributed by atoms with Crippen molar-refractivity contribution < 1.29 is 40.3 Å². The Kier molecular flexibility index (Phi) is 10.5. The van der Waals surface area contributed by atoms with Gasteiger partial charge in [-0.15, -0.1) is 0 Å². The van der Waals surface area contributed by atoms with E-state index in [2.05, 4.69) is 25.4 Å². The average molecular weight is 609 g/mol. The molecule has 0 aromatic carbocycles. The van der Waals surface area contributed by atoms with Gasteiger partial charge in [0.2, 0.25) is 24.1 Å². The largest absolute Gasteiger partial charge is 0.405 e. The second-order valence-corrected chi connectivity index (χ2v) is 10.2. The van der Waals surface area contributed by atoms with E-state index in [0.717, 1.165) is 12.5 Å². The molecule has 17 heteroatoms. The SMILES string of the molecule is CC(C)N=C(N=CN)C(=O)N[C@H](c1cn2ncc(C(CC(F)F)C(=O)NCC(F)(F)F)cc2n1)C1CCC(F)(F)CC1. The third kappa shape index (κ3) is 9.11. The van der Waals surface area contributed by atoms with Crippen molar-refractivity contribution in [2.24, 2.45) is 21.6 Å². The van der Waals surface area contributed by atoms with E-state index in [-0.39, 0.29) is 41.6 Å². The van der Waals surface area contributed by atoms with Gasteiger partial charge >= 0.3 is 6.18 Å². The van der Waals surface area contributed by atoms with Crippen LogP contribution in [0.15, 0.2) is 28.4 Å². The summed E-state index contributed by atoms with van der Waals surface area (Å²) in [4.78, 5) is 37.8. The van der Waals surface area contributed by atoms with Gasteiger partial charge in [-0.3, -0.25) is 14.6 Å². The topological polar surface area (TPSA) is 139 Å². The standard InChI is InChI=1S/C25H31F7N8O2/c1-13(2)37-21(35-12-33)23(42)39-20(14-3-5-24(28,29)6-4-14)17-10-40-19(38-17)7-15(9-36-40)16(8-18(26)27)22(41)34-11-25(30,31)32/h7,9-10,12-14,16,18,20H,3-6,8,11H2,1-2H3,(H,34,41)(H,39,42)(H2,33,35,37)/t16?,20-/m0/s1. The molecule has 2 heterocycles. The zero-order chi connectivity index (χ0) is 31.2. The van der Waals surface area contributed by atoms with Gasteiger partial charge in [-0.2, -0.15) is 18.3 Å². The van der Waals surface area contributed by atoms with Crippen LogP contribution in [0.4, 0.5) is 30.7 Å². The minimum absolute atomic E-state index is 0.0295. The number of imidazole rings is 1. The first kappa shape index (κ1) is 32.7. The maximum Gasteiger partial charge on any atom is 0.405 e. The summed E-state index contributed by atoms with van der Waals surface area (Å²) >= 11 is 0. The van der Waals surface area contributed by atoms with E-state index < -0.39 is 74.0 Å². The Morgan fingerprint density at radius 2 is 1.90 bits per heavy atom. The van der Waals surface area contributed by atoms with Crippen LogP contribution in [0, 0.1) is 5.92 Å². The fourth-order valence-corrected chi connectivity index (χ4v) is 4.63. The van der Waals surface area contributed by atoms with Gasteiger partial charge in [-0.1, -0.05) is 0 Å². The first-order chi connectivity index (χ1) is 19.6. The van der Waals surface area contributed by atoms with Crippen molar-refractivity contribution in [3.05, 3.63) is 29.7 Å². The highest BCUT2D eigenvalue weighted by Gasteiger charge is 2.40. The number of nitrogens with zero attached hydrogens (tertiary/aromatic N) is 5. The van der Waals surface area contributed by atoms with Crippen molar-refractivity contribution in [3.63, 3.8) is 0 Å². The molecule has 1 fully saturated rings. The summed E-state index contributed by atoms with van der Waals surface area (Å²) in [7, 11) is 0. The quantitative estimate of drug-likeness (QED) is 0.225. The molecule has 1 aliphatic carbocycles. The van der Waals surface area contributed by atoms with E-state index in [0.29, 0.717) is 0 Å². The number of aliphatic imine (C=N–C) groups is 2. The van der Waals surface area contributed by atoms with Crippen LogP contribution in [0.25, 0.3) is 5.65 Å². The molecule has 232 valence electrons. The van der Waals surface area contributed by atoms with Gasteiger partial charge in [0, 0.05) is 25.3 Å². The molecule has 3 rings (SSSR count). The highest BCUT2D eigenvalue weighted by atomic mass is 19.4. The van der Waals surface area contributed by atoms with Crippen LogP contribution in [-0.4, -0.2) is 69.7 Å². The smallest absolute Gasteiger partial charge is 0.390 e. The molecule has 4 N–H and O–H groups in total. The lowest BCUT2D eigenvalue weighted by Crippen LogP contribution is -2.40. The van der Waals surface area contributed by atoms with Crippen molar-refractivity contribution in [1.82, 2.24) is 25.2 Å². The van der Waals surface area contributed by atoms with Gasteiger partial charge in [0.05, 0.1) is 36.4 Å². The molecule has 1 saturated carbocycles. The summed E-state index contributed by atoms with van der Waals surface area (Å²) in [6.07, 6.45) is -6.26. The van der Waals surface area contributed by atoms with E-state index in [1.165, 1.54) is 16.8 Å². The maximum atomic E-state index is 13.9. The summed E-state index contributed by atoms with van der Waals surface area (Å²) in [5.41, 5.74) is 5.46. The first-order valence-electron chi connectivity index (χ1n) is 13.1. The number of amides is 2. The van der Waals surface area contributed by atoms with Gasteiger partial charge in [0.15, 0.2) is 5.65 Å². The van der Waals surface area contributed by atoms with Crippen LogP contribution in [0.1, 0.15) is 69.2 Å². The van der Waals surface area contributed by atoms with Crippen LogP contribution in [0.5, 0.6) is 0 Å². The zero-order valence-electron chi connectivity index (χ0n) is 22.7. The summed E-state index contributed by atoms with van der Waals surface area (Å²) in [5.74, 6) is -7.26. The Balaban J connectivity index is 1.97. The number of nitrogens with one attached hydrogen (secondary N) is 2. The number of alkyl halides is 7. The number of hydrogen-bond acceptors (Lipinski definition) is 5. The third-order valence-electron chi connectivity index (χ3n) is 6.57. The van der Waals surface area contributed by atoms with E-state index in [9.17, 15) is 40.3 Å². The summed E-state index contributed by atoms with van der Waals surface area (Å²) < 4.78 is 93.3. The number of rotatable bonds is 9. The predicted octanol–water partition coefficient (Wildman–Crippen LogP) is 3.92. The number of halogens is 7. The van der Waals surface area contributed by atoms with E-state index in [4.69, 9.17) is 5.73 Å². The average Bonchev–Trinajstić information content (AvgIpc) is 3.31. The molecule has 2 aromatic heterocycles. The Morgan fingerprint density at radius 3 is 2.48 bits per heavy atom. The summed E-state index contributed by atoms with van der Waals surface area (Å²) in [5, 5.41) is 8.41. The Bertz CT molecular complexity index is 1300. The normalized spacial score (nSPS) is 18.1. The molecule has 1 aliphatic rings. The molecule has 0 aliphatic heterocycles. The lowest BCUT2D eigenvalue weighted by molar-refractivity contribution is -0.139. The van der Waals surface area contributed by atoms with Gasteiger partial charge in [0.1, 0.15) is 6.54 Å². The van der Waals surface area contributed by atoms with Crippen molar-refractivity contribution >= 4 is 29.6 Å². The monoisotopic (exact) mass is 608 g/mol. The molecule has 0 saturated heterocycles. The Labute approximate surface area is 236 Å². The minimum atomic E-state index is -4.75. The fourth-order valence-electron chi connectivity index (χ4n) is 4.63. The molecule has 2 aromatic rings. The van der Waals surface area contributed by atoms with E-state index in [1.54, 1.807) is 19.2 Å². The van der Waals surface area contributed by atoms with E-state index >= 15 is 0 Å². The molecule has 0 spiro atoms. The Morgan fingerprint density at radius 1 is 1.24 bits per heavy atom. The first-order valence-corrected chi connectivity index (χ1v) is 13.1. The lowest BCUT2D eigenvalue weighted by Gasteiger charge is -2.33. The summed E-state index contributed by atoms with van der Waals surface area (Å²) in [6, 6.07) is -0.0285. The molecule has 0 radical (unpaired) electrons. The van der Waals surface area contributed by atoms with E-state index in [1.807, 2.05) is 0 Å². The van der Waals surface area contributed by atoms with Crippen molar-refractivity contribution in [1.29, 1.82) is 0 Å². The number of aromatic nitrogens is 3. The van der Waals surface area contributed by atoms with Crippen LogP contribution in [0.2, 0.25) is 0 Å². The number of amidine groups is 1. The molecule has 0 bridgehead atoms. The number of nitrogens with two attached hydrogens (primary N) is 1. The lowest BCUT2D eigenvalue weighted by atomic mass is 9.81. The second-order valence-electron chi connectivity index (χ2n) is 10.2. The molecule has 10 nitrogen and oxygen atoms in total. The molecule has 42 heavy (non-hydrogen) atoms. The molecule has 1 unspecified atom stereocenters. The van der Waals surface area contributed by atoms with Crippen LogP contribution < -0.4 is 16.4 Å². The number of fused-ring (bicyclic) bond motifs is 1. The molecule has 2 amide bonds. The summed E-state index contributed by atoms with van der Waals surface area (Å²) in [6.45, 7) is 1.71. The highest BCUT2D eigenvalue weighted by Crippen LogP contribution is 2.41. The predicted molar refractivity (Wildman–Crippen MR) is 138 cm³/mol. The van der Waals surface area contributed by atoms with Gasteiger partial charge in [-0.25, -0.2) is 32.1 Å². The van der Waals surface area contributed by atoms with Gasteiger partial charge in [-0.05, 0) is 44.2 Å². The van der Waals surface area contributed by atoms with Gasteiger partial charge < -0.3 is 16.4 Å².